The molecule has 6 nitrogen and oxygen atoms in total. The molecule has 0 bridgehead atoms. The van der Waals surface area contributed by atoms with Crippen LogP contribution < -0.4 is 5.14 Å². The monoisotopic (exact) mass is 393 g/mol. The molecule has 1 aromatic carbocycles. The Morgan fingerprint density at radius 2 is 2.07 bits per heavy atom. The molecule has 0 amide bonds. The van der Waals surface area contributed by atoms with E-state index in [1.54, 1.807) is 6.07 Å². The predicted molar refractivity (Wildman–Crippen MR) is 101 cm³/mol. The van der Waals surface area contributed by atoms with Crippen molar-refractivity contribution >= 4 is 16.0 Å². The van der Waals surface area contributed by atoms with Crippen molar-refractivity contribution in [1.29, 1.82) is 0 Å². The number of benzene rings is 1. The van der Waals surface area contributed by atoms with Gasteiger partial charge in [0.15, 0.2) is 5.75 Å². The summed E-state index contributed by atoms with van der Waals surface area (Å²) in [5, 5.41) is 14.7. The lowest BCUT2D eigenvalue weighted by Gasteiger charge is -2.50. The van der Waals surface area contributed by atoms with Gasteiger partial charge in [0.05, 0.1) is 0 Å². The number of aromatic hydroxyl groups is 1. The average Bonchev–Trinajstić information content (AvgIpc) is 2.89. The maximum absolute atomic E-state index is 12.0. The van der Waals surface area contributed by atoms with Crippen molar-refractivity contribution in [3.05, 3.63) is 29.3 Å². The van der Waals surface area contributed by atoms with Crippen molar-refractivity contribution in [3.8, 4) is 5.75 Å². The predicted octanol–water partition coefficient (Wildman–Crippen LogP) is 2.45. The molecule has 0 aromatic heterocycles. The van der Waals surface area contributed by atoms with E-state index >= 15 is 0 Å². The van der Waals surface area contributed by atoms with Gasteiger partial charge >= 0.3 is 5.97 Å². The highest BCUT2D eigenvalue weighted by atomic mass is 32.2. The summed E-state index contributed by atoms with van der Waals surface area (Å²) in [5.74, 6) is 0.332. The van der Waals surface area contributed by atoms with Crippen LogP contribution in [0.1, 0.15) is 56.1 Å². The van der Waals surface area contributed by atoms with Gasteiger partial charge in [-0.1, -0.05) is 13.0 Å². The van der Waals surface area contributed by atoms with Crippen LogP contribution in [0.15, 0.2) is 18.2 Å². The van der Waals surface area contributed by atoms with Crippen molar-refractivity contribution in [1.82, 2.24) is 0 Å². The fourth-order valence-corrected chi connectivity index (χ4v) is 6.47. The fourth-order valence-electron chi connectivity index (χ4n) is 6.07. The summed E-state index contributed by atoms with van der Waals surface area (Å²) in [6, 6.07) is 5.75. The second-order valence-electron chi connectivity index (χ2n) is 8.71. The number of hydrogen-bond donors (Lipinski definition) is 2. The topological polar surface area (TPSA) is 107 Å². The van der Waals surface area contributed by atoms with Gasteiger partial charge in [-0.3, -0.25) is 4.79 Å². The number of primary sulfonamides is 1. The molecule has 3 aliphatic rings. The number of carbonyl (C=O) groups is 1. The number of rotatable bonds is 3. The van der Waals surface area contributed by atoms with E-state index in [1.165, 1.54) is 11.1 Å². The minimum atomic E-state index is -3.87. The molecule has 27 heavy (non-hydrogen) atoms. The summed E-state index contributed by atoms with van der Waals surface area (Å²) in [4.78, 5) is 12.0. The summed E-state index contributed by atoms with van der Waals surface area (Å²) in [7, 11) is -3.87. The molecule has 5 atom stereocenters. The van der Waals surface area contributed by atoms with E-state index in [-0.39, 0.29) is 11.5 Å². The van der Waals surface area contributed by atoms with Gasteiger partial charge in [0, 0.05) is 5.41 Å². The third kappa shape index (κ3) is 3.36. The molecular weight excluding hydrogens is 366 g/mol. The van der Waals surface area contributed by atoms with Crippen molar-refractivity contribution in [2.24, 2.45) is 22.4 Å². The molecule has 0 heterocycles. The van der Waals surface area contributed by atoms with Crippen LogP contribution in [0.4, 0.5) is 0 Å². The zero-order valence-electron chi connectivity index (χ0n) is 15.6. The molecule has 0 saturated heterocycles. The number of ether oxygens (including phenoxy) is 1. The Balaban J connectivity index is 1.53. The lowest BCUT2D eigenvalue weighted by atomic mass is 9.55. The number of phenolic OH excluding ortho intramolecular Hbond substituents is 1. The van der Waals surface area contributed by atoms with Crippen LogP contribution in [-0.2, 0) is 26.0 Å². The van der Waals surface area contributed by atoms with Gasteiger partial charge in [0.25, 0.3) is 0 Å². The van der Waals surface area contributed by atoms with Crippen molar-refractivity contribution in [2.45, 2.75) is 57.5 Å². The Morgan fingerprint density at radius 1 is 1.30 bits per heavy atom. The SMILES string of the molecule is C[C@]12CCC3c4ccc(O)cc4CCC3C1CC[C@@H]2OC(=O)CS(N)(=O)=O. The maximum Gasteiger partial charge on any atom is 0.322 e. The Labute approximate surface area is 160 Å². The van der Waals surface area contributed by atoms with E-state index in [1.807, 2.05) is 6.07 Å². The first-order valence-electron chi connectivity index (χ1n) is 9.69. The largest absolute Gasteiger partial charge is 0.508 e. The van der Waals surface area contributed by atoms with Crippen LogP contribution in [-0.4, -0.2) is 31.4 Å². The van der Waals surface area contributed by atoms with E-state index in [0.717, 1.165) is 38.5 Å². The van der Waals surface area contributed by atoms with Crippen LogP contribution in [0.2, 0.25) is 0 Å². The highest BCUT2D eigenvalue weighted by Crippen LogP contribution is 2.61. The van der Waals surface area contributed by atoms with Gasteiger partial charge < -0.3 is 9.84 Å². The summed E-state index contributed by atoms with van der Waals surface area (Å²) in [6.07, 6.45) is 5.57. The Morgan fingerprint density at radius 3 is 2.81 bits per heavy atom. The Kier molecular flexibility index (Phi) is 4.50. The second kappa shape index (κ2) is 6.48. The first-order valence-corrected chi connectivity index (χ1v) is 11.4. The molecular formula is C20H27NO5S. The molecule has 3 N–H and O–H groups in total. The van der Waals surface area contributed by atoms with Gasteiger partial charge in [-0.2, -0.15) is 0 Å². The smallest absolute Gasteiger partial charge is 0.322 e. The lowest BCUT2D eigenvalue weighted by molar-refractivity contribution is -0.154. The fraction of sp³-hybridized carbons (Fsp3) is 0.650. The van der Waals surface area contributed by atoms with Crippen LogP contribution in [0, 0.1) is 17.3 Å². The van der Waals surface area contributed by atoms with Crippen LogP contribution in [0.3, 0.4) is 0 Å². The highest BCUT2D eigenvalue weighted by molar-refractivity contribution is 7.89. The third-order valence-electron chi connectivity index (χ3n) is 7.22. The van der Waals surface area contributed by atoms with Crippen LogP contribution in [0.25, 0.3) is 0 Å². The van der Waals surface area contributed by atoms with Gasteiger partial charge in [-0.05, 0) is 79.5 Å². The number of esters is 1. The van der Waals surface area contributed by atoms with E-state index in [4.69, 9.17) is 9.88 Å². The van der Waals surface area contributed by atoms with E-state index in [0.29, 0.717) is 23.5 Å². The molecule has 2 fully saturated rings. The number of phenols is 1. The minimum absolute atomic E-state index is 0.108. The van der Waals surface area contributed by atoms with Crippen molar-refractivity contribution < 1.29 is 23.1 Å². The molecule has 4 rings (SSSR count). The number of sulfonamides is 1. The number of fused-ring (bicyclic) bond motifs is 5. The third-order valence-corrected chi connectivity index (χ3v) is 7.85. The molecule has 2 saturated carbocycles. The molecule has 0 aliphatic heterocycles. The van der Waals surface area contributed by atoms with E-state index in [2.05, 4.69) is 13.0 Å². The first kappa shape index (κ1) is 18.7. The molecule has 148 valence electrons. The number of nitrogens with two attached hydrogens (primary N) is 1. The minimum Gasteiger partial charge on any atom is -0.508 e. The van der Waals surface area contributed by atoms with E-state index in [9.17, 15) is 18.3 Å². The normalized spacial score (nSPS) is 35.0. The molecule has 3 aliphatic carbocycles. The quantitative estimate of drug-likeness (QED) is 0.767. The molecule has 3 unspecified atom stereocenters. The maximum atomic E-state index is 12.0. The molecule has 0 radical (unpaired) electrons. The molecule has 0 spiro atoms. The number of hydrogen-bond acceptors (Lipinski definition) is 5. The summed E-state index contributed by atoms with van der Waals surface area (Å²) < 4.78 is 27.9. The van der Waals surface area contributed by atoms with Gasteiger partial charge in [0.2, 0.25) is 10.0 Å². The summed E-state index contributed by atoms with van der Waals surface area (Å²) >= 11 is 0. The Hall–Kier alpha value is -1.60. The number of carbonyl (C=O) groups excluding carboxylic acids is 1. The zero-order chi connectivity index (χ0) is 19.4. The van der Waals surface area contributed by atoms with Crippen LogP contribution in [0.5, 0.6) is 5.75 Å². The van der Waals surface area contributed by atoms with Gasteiger partial charge in [-0.15, -0.1) is 0 Å². The van der Waals surface area contributed by atoms with Gasteiger partial charge in [0.1, 0.15) is 11.9 Å². The summed E-state index contributed by atoms with van der Waals surface area (Å²) in [5.41, 5.74) is 2.51. The lowest BCUT2D eigenvalue weighted by Crippen LogP contribution is -2.45. The standard InChI is InChI=1S/C20H27NO5S/c1-20-9-8-15-14-5-3-13(22)10-12(14)2-4-16(15)17(20)6-7-18(20)26-19(23)11-27(21,24)25/h3,5,10,15-18,22H,2,4,6-9,11H2,1H3,(H2,21,24,25)/t15?,16?,17?,18-,20-/m0/s1. The summed E-state index contributed by atoms with van der Waals surface area (Å²) in [6.45, 7) is 2.20. The zero-order valence-corrected chi connectivity index (χ0v) is 16.4. The molecule has 1 aromatic rings. The second-order valence-corrected chi connectivity index (χ2v) is 10.3. The van der Waals surface area contributed by atoms with Gasteiger partial charge in [-0.25, -0.2) is 13.6 Å². The van der Waals surface area contributed by atoms with E-state index < -0.39 is 21.7 Å². The first-order chi connectivity index (χ1) is 12.7. The Bertz CT molecular complexity index is 867. The van der Waals surface area contributed by atoms with Crippen molar-refractivity contribution in [3.63, 3.8) is 0 Å². The molecule has 7 heteroatoms. The van der Waals surface area contributed by atoms with Crippen LogP contribution >= 0.6 is 0 Å². The number of aryl methyl sites for hydroxylation is 1. The van der Waals surface area contributed by atoms with Crippen molar-refractivity contribution in [2.75, 3.05) is 5.75 Å². The average molecular weight is 394 g/mol. The highest BCUT2D eigenvalue weighted by Gasteiger charge is 2.56.